The minimum atomic E-state index is 0.487. The highest BCUT2D eigenvalue weighted by Crippen LogP contribution is 2.37. The average molecular weight is 273 g/mol. The predicted octanol–water partition coefficient (Wildman–Crippen LogP) is 6.31. The van der Waals surface area contributed by atoms with Gasteiger partial charge in [-0.25, -0.2) is 0 Å². The molecule has 96 valence electrons. The molecule has 0 aliphatic rings. The van der Waals surface area contributed by atoms with Crippen molar-refractivity contribution >= 4 is 23.2 Å². The lowest BCUT2D eigenvalue weighted by Crippen LogP contribution is -2.10. The third-order valence-corrected chi connectivity index (χ3v) is 4.33. The SMILES string of the molecule is CCCC(CCC)C(C)c1cccc(Cl)c1Cl. The normalized spacial score (nSPS) is 13.1. The molecule has 0 aliphatic heterocycles. The maximum absolute atomic E-state index is 6.30. The highest BCUT2D eigenvalue weighted by atomic mass is 35.5. The first-order valence-corrected chi connectivity index (χ1v) is 7.31. The molecule has 0 nitrogen and oxygen atoms in total. The number of hydrogen-bond acceptors (Lipinski definition) is 0. The van der Waals surface area contributed by atoms with Crippen LogP contribution in [0.4, 0.5) is 0 Å². The van der Waals surface area contributed by atoms with E-state index in [1.54, 1.807) is 0 Å². The Kier molecular flexibility index (Phi) is 6.37. The Morgan fingerprint density at radius 2 is 1.65 bits per heavy atom. The second-order valence-corrected chi connectivity index (χ2v) is 5.55. The Morgan fingerprint density at radius 1 is 1.06 bits per heavy atom. The lowest BCUT2D eigenvalue weighted by atomic mass is 9.82. The van der Waals surface area contributed by atoms with Gasteiger partial charge in [0.1, 0.15) is 0 Å². The van der Waals surface area contributed by atoms with E-state index in [-0.39, 0.29) is 0 Å². The maximum atomic E-state index is 6.30. The first kappa shape index (κ1) is 14.9. The quantitative estimate of drug-likeness (QED) is 0.569. The molecule has 0 radical (unpaired) electrons. The topological polar surface area (TPSA) is 0 Å². The van der Waals surface area contributed by atoms with Crippen LogP contribution in [0.3, 0.4) is 0 Å². The zero-order valence-electron chi connectivity index (χ0n) is 11.0. The fraction of sp³-hybridized carbons (Fsp3) is 0.600. The molecule has 1 aromatic carbocycles. The number of halogens is 2. The fourth-order valence-corrected chi connectivity index (χ4v) is 2.99. The molecule has 17 heavy (non-hydrogen) atoms. The standard InChI is InChI=1S/C15H22Cl2/c1-4-7-12(8-5-2)11(3)13-9-6-10-14(16)15(13)17/h6,9-12H,4-5,7-8H2,1-3H3. The summed E-state index contributed by atoms with van der Waals surface area (Å²) in [4.78, 5) is 0. The van der Waals surface area contributed by atoms with E-state index in [0.29, 0.717) is 16.9 Å². The first-order valence-electron chi connectivity index (χ1n) is 6.55. The van der Waals surface area contributed by atoms with Crippen molar-refractivity contribution in [1.82, 2.24) is 0 Å². The zero-order chi connectivity index (χ0) is 12.8. The molecule has 0 saturated carbocycles. The molecular formula is C15H22Cl2. The lowest BCUT2D eigenvalue weighted by Gasteiger charge is -2.24. The van der Waals surface area contributed by atoms with Gasteiger partial charge in [-0.05, 0) is 23.5 Å². The Labute approximate surface area is 115 Å². The van der Waals surface area contributed by atoms with E-state index in [1.165, 1.54) is 31.2 Å². The fourth-order valence-electron chi connectivity index (χ4n) is 2.51. The number of hydrogen-bond donors (Lipinski definition) is 0. The second-order valence-electron chi connectivity index (χ2n) is 4.77. The third kappa shape index (κ3) is 3.89. The van der Waals surface area contributed by atoms with Gasteiger partial charge in [-0.3, -0.25) is 0 Å². The van der Waals surface area contributed by atoms with Gasteiger partial charge in [-0.15, -0.1) is 0 Å². The van der Waals surface area contributed by atoms with Crippen molar-refractivity contribution in [2.45, 2.75) is 52.4 Å². The molecule has 1 aromatic rings. The van der Waals surface area contributed by atoms with Crippen molar-refractivity contribution in [2.75, 3.05) is 0 Å². The van der Waals surface area contributed by atoms with Crippen LogP contribution in [0.2, 0.25) is 10.0 Å². The van der Waals surface area contributed by atoms with Gasteiger partial charge in [0.05, 0.1) is 10.0 Å². The molecule has 1 atom stereocenters. The predicted molar refractivity (Wildman–Crippen MR) is 78.2 cm³/mol. The van der Waals surface area contributed by atoms with Crippen molar-refractivity contribution in [3.05, 3.63) is 33.8 Å². The smallest absolute Gasteiger partial charge is 0.0627 e. The molecule has 0 heterocycles. The molecule has 0 spiro atoms. The van der Waals surface area contributed by atoms with Gasteiger partial charge in [0.25, 0.3) is 0 Å². The van der Waals surface area contributed by atoms with Crippen LogP contribution in [0, 0.1) is 5.92 Å². The van der Waals surface area contributed by atoms with Crippen LogP contribution in [0.1, 0.15) is 57.9 Å². The van der Waals surface area contributed by atoms with E-state index >= 15 is 0 Å². The van der Waals surface area contributed by atoms with E-state index < -0.39 is 0 Å². The highest BCUT2D eigenvalue weighted by Gasteiger charge is 2.20. The van der Waals surface area contributed by atoms with Crippen LogP contribution in [0.5, 0.6) is 0 Å². The summed E-state index contributed by atoms with van der Waals surface area (Å²) in [6, 6.07) is 5.96. The number of rotatable bonds is 6. The largest absolute Gasteiger partial charge is 0.0827 e. The molecule has 0 saturated heterocycles. The maximum Gasteiger partial charge on any atom is 0.0627 e. The van der Waals surface area contributed by atoms with Gasteiger partial charge in [0, 0.05) is 0 Å². The summed E-state index contributed by atoms with van der Waals surface area (Å²) >= 11 is 12.4. The van der Waals surface area contributed by atoms with E-state index in [1.807, 2.05) is 12.1 Å². The Balaban J connectivity index is 2.92. The van der Waals surface area contributed by atoms with Crippen LogP contribution in [-0.4, -0.2) is 0 Å². The molecule has 0 aromatic heterocycles. The molecule has 1 rings (SSSR count). The van der Waals surface area contributed by atoms with E-state index in [2.05, 4.69) is 26.8 Å². The van der Waals surface area contributed by atoms with Crippen molar-refractivity contribution in [2.24, 2.45) is 5.92 Å². The van der Waals surface area contributed by atoms with Crippen LogP contribution >= 0.6 is 23.2 Å². The van der Waals surface area contributed by atoms with E-state index in [4.69, 9.17) is 23.2 Å². The van der Waals surface area contributed by atoms with Gasteiger partial charge in [-0.1, -0.05) is 81.8 Å². The third-order valence-electron chi connectivity index (χ3n) is 3.50. The summed E-state index contributed by atoms with van der Waals surface area (Å²) < 4.78 is 0. The van der Waals surface area contributed by atoms with Gasteiger partial charge < -0.3 is 0 Å². The zero-order valence-corrected chi connectivity index (χ0v) is 12.5. The van der Waals surface area contributed by atoms with Crippen LogP contribution < -0.4 is 0 Å². The van der Waals surface area contributed by atoms with Crippen molar-refractivity contribution < 1.29 is 0 Å². The highest BCUT2D eigenvalue weighted by molar-refractivity contribution is 6.42. The molecule has 0 amide bonds. The first-order chi connectivity index (χ1) is 8.11. The van der Waals surface area contributed by atoms with Gasteiger partial charge in [-0.2, -0.15) is 0 Å². The minimum absolute atomic E-state index is 0.487. The van der Waals surface area contributed by atoms with Crippen LogP contribution in [-0.2, 0) is 0 Å². The Morgan fingerprint density at radius 3 is 2.18 bits per heavy atom. The van der Waals surface area contributed by atoms with Crippen LogP contribution in [0.25, 0.3) is 0 Å². The van der Waals surface area contributed by atoms with Gasteiger partial charge in [0.2, 0.25) is 0 Å². The minimum Gasteiger partial charge on any atom is -0.0827 e. The molecule has 0 bridgehead atoms. The van der Waals surface area contributed by atoms with Crippen molar-refractivity contribution in [1.29, 1.82) is 0 Å². The summed E-state index contributed by atoms with van der Waals surface area (Å²) in [5.74, 6) is 1.20. The van der Waals surface area contributed by atoms with Crippen LogP contribution in [0.15, 0.2) is 18.2 Å². The number of benzene rings is 1. The Hall–Kier alpha value is -0.200. The lowest BCUT2D eigenvalue weighted by molar-refractivity contribution is 0.380. The molecule has 1 unspecified atom stereocenters. The molecule has 0 aliphatic carbocycles. The second kappa shape index (κ2) is 7.28. The summed E-state index contributed by atoms with van der Waals surface area (Å²) in [5, 5.41) is 1.40. The average Bonchev–Trinajstić information content (AvgIpc) is 2.31. The van der Waals surface area contributed by atoms with E-state index in [9.17, 15) is 0 Å². The molecule has 0 N–H and O–H groups in total. The summed E-state index contributed by atoms with van der Waals surface area (Å²) in [6.45, 7) is 6.76. The summed E-state index contributed by atoms with van der Waals surface area (Å²) in [5.41, 5.74) is 1.20. The Bertz CT molecular complexity index is 341. The summed E-state index contributed by atoms with van der Waals surface area (Å²) in [7, 11) is 0. The van der Waals surface area contributed by atoms with E-state index in [0.717, 1.165) is 5.02 Å². The van der Waals surface area contributed by atoms with Crippen molar-refractivity contribution in [3.63, 3.8) is 0 Å². The monoisotopic (exact) mass is 272 g/mol. The van der Waals surface area contributed by atoms with Crippen molar-refractivity contribution in [3.8, 4) is 0 Å². The van der Waals surface area contributed by atoms with Gasteiger partial charge in [0.15, 0.2) is 0 Å². The molecule has 0 fully saturated rings. The molecule has 2 heteroatoms. The molecular weight excluding hydrogens is 251 g/mol. The summed E-state index contributed by atoms with van der Waals surface area (Å²) in [6.07, 6.45) is 4.98. The van der Waals surface area contributed by atoms with Gasteiger partial charge >= 0.3 is 0 Å².